The number of hydrogen-bond donors (Lipinski definition) is 0. The molecule has 1 aromatic carbocycles. The molecule has 1 aromatic rings. The van der Waals surface area contributed by atoms with Gasteiger partial charge in [-0.2, -0.15) is 0 Å². The summed E-state index contributed by atoms with van der Waals surface area (Å²) in [6.07, 6.45) is 7.39. The Hall–Kier alpha value is -1.64. The Morgan fingerprint density at radius 1 is 1.00 bits per heavy atom. The molecule has 0 N–H and O–H groups in total. The average molecular weight is 374 g/mol. The first kappa shape index (κ1) is 23.4. The van der Waals surface area contributed by atoms with Crippen molar-refractivity contribution in [2.75, 3.05) is 13.1 Å². The van der Waals surface area contributed by atoms with E-state index in [1.54, 1.807) is 0 Å². The minimum absolute atomic E-state index is 0.0393. The van der Waals surface area contributed by atoms with E-state index in [1.807, 2.05) is 44.7 Å². The third kappa shape index (κ3) is 7.48. The Bertz CT molecular complexity index is 554. The number of amides is 1. The van der Waals surface area contributed by atoms with Gasteiger partial charge in [0.2, 0.25) is 5.91 Å². The van der Waals surface area contributed by atoms with Crippen LogP contribution in [0.4, 0.5) is 0 Å². The van der Waals surface area contributed by atoms with Crippen molar-refractivity contribution in [3.8, 4) is 0 Å². The SMILES string of the molecule is CC.CCCCCCC(=O)N1CCC(c2ccc(C(=O)C(C)C)cc2)CC1. The molecule has 0 bridgehead atoms. The van der Waals surface area contributed by atoms with Crippen molar-refractivity contribution in [2.24, 2.45) is 5.92 Å². The molecule has 0 spiro atoms. The molecule has 0 unspecified atom stereocenters. The zero-order chi connectivity index (χ0) is 20.2. The number of piperidine rings is 1. The van der Waals surface area contributed by atoms with Gasteiger partial charge >= 0.3 is 0 Å². The molecule has 0 aliphatic carbocycles. The lowest BCUT2D eigenvalue weighted by molar-refractivity contribution is -0.132. The Kier molecular flexibility index (Phi) is 11.0. The predicted molar refractivity (Wildman–Crippen MR) is 114 cm³/mol. The number of carbonyl (C=O) groups is 2. The lowest BCUT2D eigenvalue weighted by Gasteiger charge is -2.32. The summed E-state index contributed by atoms with van der Waals surface area (Å²) >= 11 is 0. The van der Waals surface area contributed by atoms with E-state index in [-0.39, 0.29) is 11.7 Å². The van der Waals surface area contributed by atoms with Crippen LogP contribution in [0, 0.1) is 5.92 Å². The maximum atomic E-state index is 12.3. The van der Waals surface area contributed by atoms with Gasteiger partial charge in [0, 0.05) is 31.0 Å². The van der Waals surface area contributed by atoms with E-state index in [4.69, 9.17) is 0 Å². The fraction of sp³-hybridized carbons (Fsp3) is 0.667. The number of benzene rings is 1. The third-order valence-electron chi connectivity index (χ3n) is 5.28. The number of ketones is 1. The maximum Gasteiger partial charge on any atom is 0.222 e. The number of nitrogens with zero attached hydrogens (tertiary/aromatic N) is 1. The Morgan fingerprint density at radius 2 is 1.59 bits per heavy atom. The van der Waals surface area contributed by atoms with Gasteiger partial charge in [-0.25, -0.2) is 0 Å². The zero-order valence-electron chi connectivity index (χ0n) is 18.1. The van der Waals surface area contributed by atoms with E-state index in [2.05, 4.69) is 19.1 Å². The molecule has 152 valence electrons. The molecular formula is C24H39NO2. The van der Waals surface area contributed by atoms with Gasteiger partial charge in [-0.3, -0.25) is 9.59 Å². The van der Waals surface area contributed by atoms with Crippen LogP contribution in [0.25, 0.3) is 0 Å². The minimum atomic E-state index is 0.0393. The molecule has 1 fully saturated rings. The second-order valence-electron chi connectivity index (χ2n) is 7.61. The molecule has 1 aliphatic rings. The molecule has 0 radical (unpaired) electrons. The van der Waals surface area contributed by atoms with Crippen LogP contribution in [-0.4, -0.2) is 29.7 Å². The number of likely N-dealkylation sites (tertiary alicyclic amines) is 1. The fourth-order valence-corrected chi connectivity index (χ4v) is 3.58. The second kappa shape index (κ2) is 12.7. The first-order chi connectivity index (χ1) is 13.0. The van der Waals surface area contributed by atoms with E-state index >= 15 is 0 Å². The van der Waals surface area contributed by atoms with Gasteiger partial charge in [0.15, 0.2) is 5.78 Å². The van der Waals surface area contributed by atoms with Gasteiger partial charge in [0.25, 0.3) is 0 Å². The molecule has 1 saturated heterocycles. The highest BCUT2D eigenvalue weighted by molar-refractivity contribution is 5.97. The number of unbranched alkanes of at least 4 members (excludes halogenated alkanes) is 3. The number of carbonyl (C=O) groups excluding carboxylic acids is 2. The first-order valence-electron chi connectivity index (χ1n) is 10.9. The maximum absolute atomic E-state index is 12.3. The highest BCUT2D eigenvalue weighted by Gasteiger charge is 2.23. The van der Waals surface area contributed by atoms with Crippen molar-refractivity contribution in [3.05, 3.63) is 35.4 Å². The molecule has 0 aromatic heterocycles. The van der Waals surface area contributed by atoms with Crippen molar-refractivity contribution in [1.29, 1.82) is 0 Å². The normalized spacial score (nSPS) is 14.7. The summed E-state index contributed by atoms with van der Waals surface area (Å²) < 4.78 is 0. The molecule has 0 saturated carbocycles. The average Bonchev–Trinajstić information content (AvgIpc) is 2.72. The lowest BCUT2D eigenvalue weighted by atomic mass is 9.88. The molecule has 27 heavy (non-hydrogen) atoms. The third-order valence-corrected chi connectivity index (χ3v) is 5.28. The van der Waals surface area contributed by atoms with Crippen molar-refractivity contribution >= 4 is 11.7 Å². The van der Waals surface area contributed by atoms with E-state index in [0.717, 1.165) is 37.9 Å². The van der Waals surface area contributed by atoms with Crippen LogP contribution < -0.4 is 0 Å². The first-order valence-corrected chi connectivity index (χ1v) is 10.9. The van der Waals surface area contributed by atoms with Crippen molar-refractivity contribution in [3.63, 3.8) is 0 Å². The number of Topliss-reactive ketones (excluding diaryl/α,β-unsaturated/α-hetero) is 1. The Balaban J connectivity index is 0.00000176. The molecule has 1 amide bonds. The molecule has 0 atom stereocenters. The van der Waals surface area contributed by atoms with Gasteiger partial charge in [-0.15, -0.1) is 0 Å². The van der Waals surface area contributed by atoms with Crippen LogP contribution in [0.1, 0.15) is 101 Å². The Morgan fingerprint density at radius 3 is 2.11 bits per heavy atom. The molecule has 1 aliphatic heterocycles. The monoisotopic (exact) mass is 373 g/mol. The van der Waals surface area contributed by atoms with E-state index in [9.17, 15) is 9.59 Å². The van der Waals surface area contributed by atoms with Crippen LogP contribution in [0.2, 0.25) is 0 Å². The van der Waals surface area contributed by atoms with Gasteiger partial charge in [-0.05, 0) is 30.7 Å². The highest BCUT2D eigenvalue weighted by atomic mass is 16.2. The van der Waals surface area contributed by atoms with Gasteiger partial charge in [0.1, 0.15) is 0 Å². The molecule has 3 heteroatoms. The quantitative estimate of drug-likeness (QED) is 0.400. The largest absolute Gasteiger partial charge is 0.343 e. The van der Waals surface area contributed by atoms with E-state index in [1.165, 1.54) is 24.8 Å². The van der Waals surface area contributed by atoms with Gasteiger partial charge in [0.05, 0.1) is 0 Å². The molecular weight excluding hydrogens is 334 g/mol. The summed E-state index contributed by atoms with van der Waals surface area (Å²) in [4.78, 5) is 26.4. The smallest absolute Gasteiger partial charge is 0.222 e. The van der Waals surface area contributed by atoms with Crippen molar-refractivity contribution < 1.29 is 9.59 Å². The Labute approximate surface area is 166 Å². The predicted octanol–water partition coefficient (Wildman–Crippen LogP) is 6.23. The summed E-state index contributed by atoms with van der Waals surface area (Å²) in [6.45, 7) is 11.8. The highest BCUT2D eigenvalue weighted by Crippen LogP contribution is 2.29. The van der Waals surface area contributed by atoms with Gasteiger partial charge in [-0.1, -0.05) is 78.1 Å². The summed E-state index contributed by atoms with van der Waals surface area (Å²) in [5.41, 5.74) is 2.11. The topological polar surface area (TPSA) is 37.4 Å². The second-order valence-corrected chi connectivity index (χ2v) is 7.61. The van der Waals surface area contributed by atoms with Gasteiger partial charge < -0.3 is 4.90 Å². The lowest BCUT2D eigenvalue weighted by Crippen LogP contribution is -2.37. The summed E-state index contributed by atoms with van der Waals surface area (Å²) in [7, 11) is 0. The van der Waals surface area contributed by atoms with Crippen LogP contribution in [0.15, 0.2) is 24.3 Å². The summed E-state index contributed by atoms with van der Waals surface area (Å²) in [5, 5.41) is 0. The van der Waals surface area contributed by atoms with Crippen LogP contribution in [0.3, 0.4) is 0 Å². The van der Waals surface area contributed by atoms with Crippen LogP contribution in [0.5, 0.6) is 0 Å². The molecule has 3 nitrogen and oxygen atoms in total. The molecule has 1 heterocycles. The number of hydrogen-bond acceptors (Lipinski definition) is 2. The van der Waals surface area contributed by atoms with Crippen LogP contribution >= 0.6 is 0 Å². The standard InChI is InChI=1S/C22H33NO2.C2H6/c1-4-5-6-7-8-21(24)23-15-13-19(14-16-23)18-9-11-20(12-10-18)22(25)17(2)3;1-2/h9-12,17,19H,4-8,13-16H2,1-3H3;1-2H3. The molecule has 2 rings (SSSR count). The number of rotatable bonds is 8. The van der Waals surface area contributed by atoms with Crippen molar-refractivity contribution in [2.45, 2.75) is 85.5 Å². The van der Waals surface area contributed by atoms with Crippen molar-refractivity contribution in [1.82, 2.24) is 4.90 Å². The van der Waals surface area contributed by atoms with E-state index < -0.39 is 0 Å². The zero-order valence-corrected chi connectivity index (χ0v) is 18.1. The summed E-state index contributed by atoms with van der Waals surface area (Å²) in [6, 6.07) is 8.12. The minimum Gasteiger partial charge on any atom is -0.343 e. The van der Waals surface area contributed by atoms with Crippen LogP contribution in [-0.2, 0) is 4.79 Å². The summed E-state index contributed by atoms with van der Waals surface area (Å²) in [5.74, 6) is 1.08. The van der Waals surface area contributed by atoms with E-state index in [0.29, 0.717) is 18.2 Å². The fourth-order valence-electron chi connectivity index (χ4n) is 3.58.